The third-order valence-corrected chi connectivity index (χ3v) is 3.49. The number of carbonyl (C=O) groups is 1. The molecule has 0 heterocycles. The largest absolute Gasteiger partial charge is 0.550 e. The zero-order chi connectivity index (χ0) is 14.7. The summed E-state index contributed by atoms with van der Waals surface area (Å²) in [6, 6.07) is 9.96. The minimum absolute atomic E-state index is 0.259. The number of hydrogen-bond acceptors (Lipinski definition) is 3. The quantitative estimate of drug-likeness (QED) is 0.931. The number of nitrogens with one attached hydrogen (secondary N) is 1. The van der Waals surface area contributed by atoms with E-state index < -0.39 is 5.97 Å². The Kier molecular flexibility index (Phi) is 4.76. The van der Waals surface area contributed by atoms with Crippen molar-refractivity contribution in [3.63, 3.8) is 0 Å². The number of halogens is 3. The summed E-state index contributed by atoms with van der Waals surface area (Å²) in [5.74, 6) is -1.19. The topological polar surface area (TPSA) is 52.2 Å². The average molecular weight is 330 g/mol. The molecule has 0 fully saturated rings. The maximum atomic E-state index is 10.8. The lowest BCUT2D eigenvalue weighted by Gasteiger charge is -2.15. The van der Waals surface area contributed by atoms with E-state index in [1.54, 1.807) is 36.4 Å². The summed E-state index contributed by atoms with van der Waals surface area (Å²) in [7, 11) is 0. The predicted molar refractivity (Wildman–Crippen MR) is 79.9 cm³/mol. The molecule has 0 amide bonds. The van der Waals surface area contributed by atoms with Gasteiger partial charge in [0.05, 0.1) is 15.7 Å². The standard InChI is InChI=1S/C14H10Cl3NO2/c15-9-4-5-12(8(6-9)7-13(19)20)18-14-10(16)2-1-3-11(14)17/h1-6,18H,7H2,(H,19,20)/p-1. The number of rotatable bonds is 4. The molecule has 104 valence electrons. The van der Waals surface area contributed by atoms with Crippen LogP contribution in [0.3, 0.4) is 0 Å². The molecule has 6 heteroatoms. The predicted octanol–water partition coefficient (Wildman–Crippen LogP) is 3.68. The molecule has 0 saturated heterocycles. The molecule has 20 heavy (non-hydrogen) atoms. The van der Waals surface area contributed by atoms with Crippen LogP contribution >= 0.6 is 34.8 Å². The minimum Gasteiger partial charge on any atom is -0.550 e. The van der Waals surface area contributed by atoms with Crippen LogP contribution in [-0.4, -0.2) is 5.97 Å². The van der Waals surface area contributed by atoms with Gasteiger partial charge in [-0.25, -0.2) is 0 Å². The molecule has 0 spiro atoms. The number of carbonyl (C=O) groups excluding carboxylic acids is 1. The Labute approximate surface area is 131 Å². The number of hydrogen-bond donors (Lipinski definition) is 1. The van der Waals surface area contributed by atoms with Crippen molar-refractivity contribution in [1.82, 2.24) is 0 Å². The first-order valence-corrected chi connectivity index (χ1v) is 6.80. The van der Waals surface area contributed by atoms with Crippen molar-refractivity contribution in [2.45, 2.75) is 6.42 Å². The van der Waals surface area contributed by atoms with Crippen molar-refractivity contribution in [3.05, 3.63) is 57.0 Å². The monoisotopic (exact) mass is 328 g/mol. The molecule has 0 aliphatic carbocycles. The van der Waals surface area contributed by atoms with Crippen LogP contribution in [0.15, 0.2) is 36.4 Å². The maximum absolute atomic E-state index is 10.8. The van der Waals surface area contributed by atoms with Crippen molar-refractivity contribution < 1.29 is 9.90 Å². The van der Waals surface area contributed by atoms with Gasteiger partial charge in [-0.2, -0.15) is 0 Å². The van der Waals surface area contributed by atoms with Gasteiger partial charge in [-0.3, -0.25) is 0 Å². The first kappa shape index (κ1) is 15.0. The lowest BCUT2D eigenvalue weighted by atomic mass is 10.1. The highest BCUT2D eigenvalue weighted by Crippen LogP contribution is 2.34. The van der Waals surface area contributed by atoms with Crippen LogP contribution in [0.25, 0.3) is 0 Å². The summed E-state index contributed by atoms with van der Waals surface area (Å²) < 4.78 is 0. The third kappa shape index (κ3) is 3.57. The SMILES string of the molecule is O=C([O-])Cc1cc(Cl)ccc1Nc1c(Cl)cccc1Cl. The molecule has 0 aliphatic heterocycles. The molecule has 0 bridgehead atoms. The molecular formula is C14H9Cl3NO2-. The molecular weight excluding hydrogens is 321 g/mol. The Balaban J connectivity index is 2.40. The van der Waals surface area contributed by atoms with Gasteiger partial charge < -0.3 is 15.2 Å². The fourth-order valence-electron chi connectivity index (χ4n) is 1.74. The van der Waals surface area contributed by atoms with Crippen LogP contribution < -0.4 is 10.4 Å². The summed E-state index contributed by atoms with van der Waals surface area (Å²) in [5, 5.41) is 15.1. The van der Waals surface area contributed by atoms with Gasteiger partial charge in [-0.1, -0.05) is 40.9 Å². The molecule has 0 aromatic heterocycles. The Bertz CT molecular complexity index is 639. The summed E-state index contributed by atoms with van der Waals surface area (Å²) in [6.45, 7) is 0. The summed E-state index contributed by atoms with van der Waals surface area (Å²) in [6.07, 6.45) is -0.259. The van der Waals surface area contributed by atoms with Gasteiger partial charge in [0, 0.05) is 23.1 Å². The van der Waals surface area contributed by atoms with E-state index in [-0.39, 0.29) is 6.42 Å². The number of benzene rings is 2. The lowest BCUT2D eigenvalue weighted by Crippen LogP contribution is -2.24. The summed E-state index contributed by atoms with van der Waals surface area (Å²) >= 11 is 18.0. The highest BCUT2D eigenvalue weighted by molar-refractivity contribution is 6.39. The van der Waals surface area contributed by atoms with E-state index in [0.717, 1.165) is 0 Å². The number of carboxylic acids is 1. The van der Waals surface area contributed by atoms with Crippen LogP contribution in [0.2, 0.25) is 15.1 Å². The van der Waals surface area contributed by atoms with E-state index >= 15 is 0 Å². The number of aliphatic carboxylic acids is 1. The maximum Gasteiger partial charge on any atom is 0.0762 e. The van der Waals surface area contributed by atoms with Gasteiger partial charge in [-0.15, -0.1) is 0 Å². The van der Waals surface area contributed by atoms with Crippen molar-refractivity contribution in [2.75, 3.05) is 5.32 Å². The van der Waals surface area contributed by atoms with Crippen LogP contribution in [-0.2, 0) is 11.2 Å². The Hall–Kier alpha value is -1.42. The van der Waals surface area contributed by atoms with E-state index in [9.17, 15) is 9.90 Å². The van der Waals surface area contributed by atoms with Gasteiger partial charge in [0.2, 0.25) is 0 Å². The van der Waals surface area contributed by atoms with E-state index in [1.165, 1.54) is 0 Å². The van der Waals surface area contributed by atoms with Crippen LogP contribution in [0.1, 0.15) is 5.56 Å². The van der Waals surface area contributed by atoms with Gasteiger partial charge >= 0.3 is 0 Å². The average Bonchev–Trinajstić information content (AvgIpc) is 2.35. The molecule has 0 aliphatic rings. The van der Waals surface area contributed by atoms with E-state index in [1.807, 2.05) is 0 Å². The highest BCUT2D eigenvalue weighted by Gasteiger charge is 2.09. The minimum atomic E-state index is -1.19. The van der Waals surface area contributed by atoms with E-state index in [0.29, 0.717) is 32.0 Å². The molecule has 0 unspecified atom stereocenters. The molecule has 0 radical (unpaired) electrons. The second kappa shape index (κ2) is 6.35. The number of para-hydroxylation sites is 1. The van der Waals surface area contributed by atoms with Crippen LogP contribution in [0.5, 0.6) is 0 Å². The first-order chi connectivity index (χ1) is 9.47. The first-order valence-electron chi connectivity index (χ1n) is 5.66. The smallest absolute Gasteiger partial charge is 0.0762 e. The molecule has 0 atom stereocenters. The Morgan fingerprint density at radius 3 is 2.35 bits per heavy atom. The highest BCUT2D eigenvalue weighted by atomic mass is 35.5. The van der Waals surface area contributed by atoms with Gasteiger partial charge in [0.15, 0.2) is 0 Å². The van der Waals surface area contributed by atoms with Crippen molar-refractivity contribution in [3.8, 4) is 0 Å². The fraction of sp³-hybridized carbons (Fsp3) is 0.0714. The molecule has 0 saturated carbocycles. The number of anilines is 2. The zero-order valence-corrected chi connectivity index (χ0v) is 12.4. The summed E-state index contributed by atoms with van der Waals surface area (Å²) in [5.41, 5.74) is 1.57. The van der Waals surface area contributed by atoms with E-state index in [2.05, 4.69) is 5.32 Å². The van der Waals surface area contributed by atoms with Gasteiger partial charge in [-0.05, 0) is 35.9 Å². The Morgan fingerprint density at radius 1 is 1.10 bits per heavy atom. The summed E-state index contributed by atoms with van der Waals surface area (Å²) in [4.78, 5) is 10.8. The van der Waals surface area contributed by atoms with Gasteiger partial charge in [0.1, 0.15) is 0 Å². The Morgan fingerprint density at radius 2 is 1.75 bits per heavy atom. The van der Waals surface area contributed by atoms with Crippen LogP contribution in [0.4, 0.5) is 11.4 Å². The lowest BCUT2D eigenvalue weighted by molar-refractivity contribution is -0.304. The third-order valence-electron chi connectivity index (χ3n) is 2.62. The van der Waals surface area contributed by atoms with Crippen LogP contribution in [0, 0.1) is 0 Å². The van der Waals surface area contributed by atoms with Crippen molar-refractivity contribution >= 4 is 52.1 Å². The molecule has 2 rings (SSSR count). The van der Waals surface area contributed by atoms with Crippen molar-refractivity contribution in [2.24, 2.45) is 0 Å². The molecule has 2 aromatic carbocycles. The molecule has 3 nitrogen and oxygen atoms in total. The zero-order valence-electron chi connectivity index (χ0n) is 10.1. The fourth-order valence-corrected chi connectivity index (χ4v) is 2.42. The molecule has 1 N–H and O–H groups in total. The molecule has 2 aromatic rings. The second-order valence-electron chi connectivity index (χ2n) is 4.07. The normalized spacial score (nSPS) is 10.3. The second-order valence-corrected chi connectivity index (χ2v) is 5.32. The number of carboxylic acid groups (broad SMARTS) is 1. The van der Waals surface area contributed by atoms with E-state index in [4.69, 9.17) is 34.8 Å². The van der Waals surface area contributed by atoms with Gasteiger partial charge in [0.25, 0.3) is 0 Å². The van der Waals surface area contributed by atoms with Crippen molar-refractivity contribution in [1.29, 1.82) is 0 Å².